The van der Waals surface area contributed by atoms with Gasteiger partial charge in [-0.15, -0.1) is 0 Å². The van der Waals surface area contributed by atoms with E-state index in [1.807, 2.05) is 13.0 Å². The van der Waals surface area contributed by atoms with E-state index >= 15 is 0 Å². The van der Waals surface area contributed by atoms with Crippen LogP contribution in [0.25, 0.3) is 0 Å². The molecule has 170 valence electrons. The van der Waals surface area contributed by atoms with Crippen LogP contribution in [0.4, 0.5) is 27.4 Å². The Morgan fingerprint density at radius 1 is 1.00 bits per heavy atom. The summed E-state index contributed by atoms with van der Waals surface area (Å²) >= 11 is 0. The van der Waals surface area contributed by atoms with Crippen molar-refractivity contribution in [2.45, 2.75) is 25.7 Å². The average Bonchev–Trinajstić information content (AvgIpc) is 2.75. The molecule has 0 radical (unpaired) electrons. The Bertz CT molecular complexity index is 1180. The average molecular weight is 460 g/mol. The van der Waals surface area contributed by atoms with E-state index in [2.05, 4.69) is 38.8 Å². The van der Waals surface area contributed by atoms with Crippen LogP contribution < -0.4 is 19.7 Å². The molecular weight excluding hydrogens is 433 g/mol. The lowest BCUT2D eigenvalue weighted by Crippen LogP contribution is -2.23. The van der Waals surface area contributed by atoms with Gasteiger partial charge >= 0.3 is 0 Å². The van der Waals surface area contributed by atoms with Crippen LogP contribution in [0.1, 0.15) is 19.7 Å². The molecule has 0 aliphatic carbocycles. The van der Waals surface area contributed by atoms with Crippen molar-refractivity contribution in [3.63, 3.8) is 0 Å². The van der Waals surface area contributed by atoms with E-state index in [9.17, 15) is 12.8 Å². The molecule has 0 amide bonds. The molecule has 0 atom stereocenters. The van der Waals surface area contributed by atoms with E-state index in [0.717, 1.165) is 36.7 Å². The summed E-state index contributed by atoms with van der Waals surface area (Å²) in [6.45, 7) is 7.62. The molecule has 10 heteroatoms. The predicted octanol–water partition coefficient (Wildman–Crippen LogP) is 4.32. The molecule has 0 unspecified atom stereocenters. The SMILES string of the molecule is CCN(CC)c1cc(Nc2ccc(NS(=O)(=O)c3cc(F)ccc3OC)cc2)nc(C)n1. The molecule has 0 aliphatic rings. The van der Waals surface area contributed by atoms with Crippen LogP contribution in [0.3, 0.4) is 0 Å². The normalized spacial score (nSPS) is 11.2. The number of nitrogens with one attached hydrogen (secondary N) is 2. The monoisotopic (exact) mass is 459 g/mol. The predicted molar refractivity (Wildman–Crippen MR) is 124 cm³/mol. The molecule has 0 saturated heterocycles. The summed E-state index contributed by atoms with van der Waals surface area (Å²) in [4.78, 5) is 10.7. The third-order valence-corrected chi connectivity index (χ3v) is 6.14. The van der Waals surface area contributed by atoms with Gasteiger partial charge in [-0.2, -0.15) is 0 Å². The van der Waals surface area contributed by atoms with Gasteiger partial charge in [0.1, 0.15) is 33.9 Å². The molecule has 2 aromatic carbocycles. The number of ether oxygens (including phenoxy) is 1. The van der Waals surface area contributed by atoms with Gasteiger partial charge in [-0.05, 0) is 63.2 Å². The molecule has 0 fully saturated rings. The van der Waals surface area contributed by atoms with Crippen molar-refractivity contribution in [2.24, 2.45) is 0 Å². The number of aryl methyl sites for hydroxylation is 1. The van der Waals surface area contributed by atoms with Gasteiger partial charge in [-0.1, -0.05) is 0 Å². The van der Waals surface area contributed by atoms with E-state index in [-0.39, 0.29) is 10.6 Å². The van der Waals surface area contributed by atoms with Gasteiger partial charge in [-0.3, -0.25) is 4.72 Å². The van der Waals surface area contributed by atoms with Crippen molar-refractivity contribution in [1.82, 2.24) is 9.97 Å². The Labute approximate surface area is 187 Å². The van der Waals surface area contributed by atoms with E-state index in [4.69, 9.17) is 4.74 Å². The van der Waals surface area contributed by atoms with Gasteiger partial charge in [0, 0.05) is 30.5 Å². The first-order chi connectivity index (χ1) is 15.2. The Hall–Kier alpha value is -3.40. The minimum Gasteiger partial charge on any atom is -0.495 e. The summed E-state index contributed by atoms with van der Waals surface area (Å²) in [5.41, 5.74) is 1.05. The number of hydrogen-bond donors (Lipinski definition) is 2. The van der Waals surface area contributed by atoms with Crippen LogP contribution in [0, 0.1) is 12.7 Å². The summed E-state index contributed by atoms with van der Waals surface area (Å²) in [6.07, 6.45) is 0. The van der Waals surface area contributed by atoms with Crippen molar-refractivity contribution < 1.29 is 17.5 Å². The summed E-state index contributed by atoms with van der Waals surface area (Å²) in [6, 6.07) is 11.8. The number of nitrogens with zero attached hydrogens (tertiary/aromatic N) is 3. The number of aromatic nitrogens is 2. The molecular formula is C22H26FN5O3S. The second kappa shape index (κ2) is 9.82. The molecule has 8 nitrogen and oxygen atoms in total. The van der Waals surface area contributed by atoms with Crippen molar-refractivity contribution in [1.29, 1.82) is 0 Å². The van der Waals surface area contributed by atoms with Crippen molar-refractivity contribution in [2.75, 3.05) is 35.1 Å². The lowest BCUT2D eigenvalue weighted by Gasteiger charge is -2.20. The fraction of sp³-hybridized carbons (Fsp3) is 0.273. The number of hydrogen-bond acceptors (Lipinski definition) is 7. The fourth-order valence-corrected chi connectivity index (χ4v) is 4.41. The Kier molecular flexibility index (Phi) is 7.14. The maximum absolute atomic E-state index is 13.6. The largest absolute Gasteiger partial charge is 0.495 e. The van der Waals surface area contributed by atoms with Crippen molar-refractivity contribution in [3.05, 3.63) is 60.2 Å². The molecule has 3 rings (SSSR count). The standard InChI is InChI=1S/C22H26FN5O3S/c1-5-28(6-2)22-14-21(24-15(3)25-22)26-17-8-10-18(11-9-17)27-32(29,30)20-13-16(23)7-12-19(20)31-4/h7-14,27H,5-6H2,1-4H3,(H,24,25,26). The highest BCUT2D eigenvalue weighted by Gasteiger charge is 2.20. The molecule has 32 heavy (non-hydrogen) atoms. The Morgan fingerprint density at radius 2 is 1.66 bits per heavy atom. The lowest BCUT2D eigenvalue weighted by atomic mass is 10.3. The van der Waals surface area contributed by atoms with Gasteiger partial charge in [0.25, 0.3) is 10.0 Å². The maximum Gasteiger partial charge on any atom is 0.265 e. The number of halogens is 1. The first-order valence-corrected chi connectivity index (χ1v) is 11.6. The second-order valence-electron chi connectivity index (χ2n) is 6.93. The highest BCUT2D eigenvalue weighted by atomic mass is 32.2. The highest BCUT2D eigenvalue weighted by Crippen LogP contribution is 2.27. The Morgan fingerprint density at radius 3 is 2.28 bits per heavy atom. The molecule has 0 spiro atoms. The second-order valence-corrected chi connectivity index (χ2v) is 8.58. The summed E-state index contributed by atoms with van der Waals surface area (Å²) < 4.78 is 46.5. The summed E-state index contributed by atoms with van der Waals surface area (Å²) in [7, 11) is -2.71. The summed E-state index contributed by atoms with van der Waals surface area (Å²) in [5, 5.41) is 3.21. The van der Waals surface area contributed by atoms with Crippen molar-refractivity contribution in [3.8, 4) is 5.75 Å². The van der Waals surface area contributed by atoms with Gasteiger partial charge < -0.3 is 15.0 Å². The fourth-order valence-electron chi connectivity index (χ4n) is 3.17. The zero-order chi connectivity index (χ0) is 23.3. The molecule has 0 aliphatic heterocycles. The zero-order valence-electron chi connectivity index (χ0n) is 18.4. The smallest absolute Gasteiger partial charge is 0.265 e. The first kappa shape index (κ1) is 23.3. The zero-order valence-corrected chi connectivity index (χ0v) is 19.2. The number of sulfonamides is 1. The van der Waals surface area contributed by atoms with E-state index in [0.29, 0.717) is 17.3 Å². The van der Waals surface area contributed by atoms with E-state index in [1.54, 1.807) is 24.3 Å². The number of rotatable bonds is 9. The lowest BCUT2D eigenvalue weighted by molar-refractivity contribution is 0.401. The minimum absolute atomic E-state index is 0.0559. The third-order valence-electron chi connectivity index (χ3n) is 4.74. The van der Waals surface area contributed by atoms with Gasteiger partial charge in [0.05, 0.1) is 7.11 Å². The highest BCUT2D eigenvalue weighted by molar-refractivity contribution is 7.92. The molecule has 0 bridgehead atoms. The van der Waals surface area contributed by atoms with Crippen LogP contribution in [-0.2, 0) is 10.0 Å². The molecule has 0 saturated carbocycles. The third kappa shape index (κ3) is 5.44. The van der Waals surface area contributed by atoms with Crippen LogP contribution >= 0.6 is 0 Å². The van der Waals surface area contributed by atoms with Gasteiger partial charge in [0.15, 0.2) is 0 Å². The summed E-state index contributed by atoms with van der Waals surface area (Å²) in [5.74, 6) is 1.50. The molecule has 1 aromatic heterocycles. The van der Waals surface area contributed by atoms with E-state index in [1.165, 1.54) is 13.2 Å². The molecule has 2 N–H and O–H groups in total. The van der Waals surface area contributed by atoms with Crippen LogP contribution in [0.5, 0.6) is 5.75 Å². The first-order valence-electron chi connectivity index (χ1n) is 10.1. The van der Waals surface area contributed by atoms with Crippen LogP contribution in [-0.4, -0.2) is 38.6 Å². The Balaban J connectivity index is 1.78. The quantitative estimate of drug-likeness (QED) is 0.492. The molecule has 3 aromatic rings. The topological polar surface area (TPSA) is 96.5 Å². The van der Waals surface area contributed by atoms with Gasteiger partial charge in [-0.25, -0.2) is 22.8 Å². The number of benzene rings is 2. The van der Waals surface area contributed by atoms with Crippen LogP contribution in [0.15, 0.2) is 53.4 Å². The minimum atomic E-state index is -4.04. The van der Waals surface area contributed by atoms with Gasteiger partial charge in [0.2, 0.25) is 0 Å². The van der Waals surface area contributed by atoms with E-state index < -0.39 is 15.8 Å². The maximum atomic E-state index is 13.6. The molecule has 1 heterocycles. The number of methoxy groups -OCH3 is 1. The van der Waals surface area contributed by atoms with Crippen LogP contribution in [0.2, 0.25) is 0 Å². The number of anilines is 4. The van der Waals surface area contributed by atoms with Crippen molar-refractivity contribution >= 4 is 33.0 Å².